The number of furan rings is 1. The summed E-state index contributed by atoms with van der Waals surface area (Å²) in [6.45, 7) is 22.0. The number of pyridine rings is 2. The molecule has 0 aliphatic rings. The first-order chi connectivity index (χ1) is 42.5. The predicted molar refractivity (Wildman–Crippen MR) is 361 cm³/mol. The molecule has 0 saturated carbocycles. The van der Waals surface area contributed by atoms with Gasteiger partial charge in [-0.25, -0.2) is 15.0 Å². The molecule has 0 spiro atoms. The molecule has 9 heteroatoms. The molecule has 89 heavy (non-hydrogen) atoms. The van der Waals surface area contributed by atoms with Crippen LogP contribution in [0.5, 0.6) is 0 Å². The molecule has 0 aliphatic heterocycles. The number of benzene rings is 8. The summed E-state index contributed by atoms with van der Waals surface area (Å²) in [5, 5.41) is 2.15. The van der Waals surface area contributed by atoms with Crippen LogP contribution in [-0.4, -0.2) is 34.5 Å². The van der Waals surface area contributed by atoms with E-state index in [9.17, 15) is 0 Å². The van der Waals surface area contributed by atoms with Gasteiger partial charge in [-0.1, -0.05) is 183 Å². The van der Waals surface area contributed by atoms with Crippen LogP contribution < -0.4 is 0 Å². The SMILES string of the molecule is CC(C)c1cc(-c2ccc(-c3nc(C(C)(C)C)nc(C(C)(C)C)n3)cc2)cc(C(C)C)c1-n1c(-c2[c-]ccc3c2oc2ccccc23)nc2ccccc21.[Ir+3].[c-]1ccccc1-c1ccc(CCc2cccc(CCc3cc[c-]c(-c4ccccn4)c3)c2)cn1. The van der Waals surface area contributed by atoms with Crippen molar-refractivity contribution in [3.8, 4) is 62.1 Å². The maximum Gasteiger partial charge on any atom is 3.00 e. The molecule has 0 amide bonds. The van der Waals surface area contributed by atoms with Crippen molar-refractivity contribution in [2.45, 2.75) is 118 Å². The molecule has 0 atom stereocenters. The minimum absolute atomic E-state index is 0. The van der Waals surface area contributed by atoms with Crippen LogP contribution in [0.3, 0.4) is 0 Å². The van der Waals surface area contributed by atoms with Crippen molar-refractivity contribution in [3.63, 3.8) is 0 Å². The second-order valence-corrected chi connectivity index (χ2v) is 25.6. The standard InChI is InChI=1S/C48H48N5O.C32H26N2.Ir/c1-28(2)36-26-32(30-22-24-31(25-23-30)43-50-45(47(5,6)7)52-46(51-43)48(8,9)10)27-37(29(3)4)41(36)53-39-20-13-12-19-38(39)49-44(53)35-18-15-17-34-33-16-11-14-21-40(33)54-42(34)35;1-2-11-29(12-3-1)32-20-19-28(24-34-32)18-17-26-9-6-8-25(22-26)15-16-27-10-7-13-30(23-27)31-14-4-5-21-33-31;/h11-17,19-29H,1-10H3;1-11,14,19-24H,15-18H2;/q-1;-2;+3. The molecule has 0 fully saturated rings. The van der Waals surface area contributed by atoms with Crippen LogP contribution in [0, 0.1) is 18.2 Å². The van der Waals surface area contributed by atoms with Gasteiger partial charge in [0, 0.05) is 39.9 Å². The van der Waals surface area contributed by atoms with Gasteiger partial charge in [0.25, 0.3) is 0 Å². The van der Waals surface area contributed by atoms with Gasteiger partial charge in [0.2, 0.25) is 0 Å². The Morgan fingerprint density at radius 1 is 0.472 bits per heavy atom. The third kappa shape index (κ3) is 13.7. The number of hydrogen-bond donors (Lipinski definition) is 0. The van der Waals surface area contributed by atoms with E-state index in [1.807, 2.05) is 79.1 Å². The Morgan fingerprint density at radius 2 is 1.09 bits per heavy atom. The topological polar surface area (TPSA) is 95.4 Å². The maximum absolute atomic E-state index is 6.55. The molecule has 8 aromatic carbocycles. The van der Waals surface area contributed by atoms with Gasteiger partial charge in [0.1, 0.15) is 17.2 Å². The summed E-state index contributed by atoms with van der Waals surface area (Å²) in [7, 11) is 0. The van der Waals surface area contributed by atoms with Crippen molar-refractivity contribution in [1.82, 2.24) is 34.5 Å². The Kier molecular flexibility index (Phi) is 18.3. The van der Waals surface area contributed by atoms with Gasteiger partial charge in [0.15, 0.2) is 5.82 Å². The minimum atomic E-state index is -0.198. The quantitative estimate of drug-likeness (QED) is 0.100. The van der Waals surface area contributed by atoms with Gasteiger partial charge in [0.05, 0.1) is 22.4 Å². The first-order valence-corrected chi connectivity index (χ1v) is 30.8. The number of aryl methyl sites for hydroxylation is 4. The van der Waals surface area contributed by atoms with E-state index in [4.69, 9.17) is 24.4 Å². The van der Waals surface area contributed by atoms with Crippen molar-refractivity contribution in [2.24, 2.45) is 0 Å². The molecule has 5 heterocycles. The monoisotopic (exact) mass is 1340 g/mol. The van der Waals surface area contributed by atoms with Crippen LogP contribution in [0.25, 0.3) is 95.1 Å². The van der Waals surface area contributed by atoms with E-state index in [2.05, 4.69) is 229 Å². The molecule has 8 nitrogen and oxygen atoms in total. The van der Waals surface area contributed by atoms with Crippen LogP contribution in [0.4, 0.5) is 0 Å². The van der Waals surface area contributed by atoms with E-state index >= 15 is 0 Å². The van der Waals surface area contributed by atoms with Gasteiger partial charge in [-0.05, 0) is 124 Å². The summed E-state index contributed by atoms with van der Waals surface area (Å²) in [6.07, 6.45) is 7.83. The van der Waals surface area contributed by atoms with Crippen LogP contribution in [0.1, 0.15) is 126 Å². The zero-order chi connectivity index (χ0) is 61.1. The number of para-hydroxylation sites is 3. The third-order valence-corrected chi connectivity index (χ3v) is 16.2. The zero-order valence-electron chi connectivity index (χ0n) is 52.5. The maximum atomic E-state index is 6.55. The molecule has 0 unspecified atom stereocenters. The molecule has 5 aromatic heterocycles. The molecule has 0 aliphatic carbocycles. The van der Waals surface area contributed by atoms with E-state index in [0.717, 1.165) is 115 Å². The molecule has 0 bridgehead atoms. The van der Waals surface area contributed by atoms with Crippen molar-refractivity contribution in [1.29, 1.82) is 0 Å². The van der Waals surface area contributed by atoms with Crippen LogP contribution in [-0.2, 0) is 56.6 Å². The molecule has 444 valence electrons. The number of hydrogen-bond acceptors (Lipinski definition) is 7. The third-order valence-electron chi connectivity index (χ3n) is 16.2. The largest absolute Gasteiger partial charge is 3.00 e. The molecule has 0 saturated heterocycles. The molecule has 0 N–H and O–H groups in total. The van der Waals surface area contributed by atoms with Gasteiger partial charge in [-0.2, -0.15) is 0 Å². The summed E-state index contributed by atoms with van der Waals surface area (Å²) in [4.78, 5) is 29.2. The minimum Gasteiger partial charge on any atom is -0.501 e. The molecular weight excluding hydrogens is 1270 g/mol. The van der Waals surface area contributed by atoms with Gasteiger partial charge >= 0.3 is 20.1 Å². The van der Waals surface area contributed by atoms with Crippen LogP contribution in [0.15, 0.2) is 211 Å². The number of nitrogens with zero attached hydrogens (tertiary/aromatic N) is 7. The normalized spacial score (nSPS) is 11.8. The Labute approximate surface area is 538 Å². The van der Waals surface area contributed by atoms with Gasteiger partial charge in [-0.3, -0.25) is 4.98 Å². The summed E-state index contributed by atoms with van der Waals surface area (Å²) >= 11 is 0. The van der Waals surface area contributed by atoms with E-state index < -0.39 is 0 Å². The number of aromatic nitrogens is 7. The average Bonchev–Trinajstić information content (AvgIpc) is 1.69. The summed E-state index contributed by atoms with van der Waals surface area (Å²) in [5.74, 6) is 3.61. The second kappa shape index (κ2) is 26.4. The molecule has 0 radical (unpaired) electrons. The van der Waals surface area contributed by atoms with Crippen molar-refractivity contribution >= 4 is 33.0 Å². The van der Waals surface area contributed by atoms with Crippen molar-refractivity contribution < 1.29 is 24.5 Å². The summed E-state index contributed by atoms with van der Waals surface area (Å²) in [5.41, 5.74) is 20.4. The Balaban J connectivity index is 0.000000201. The smallest absolute Gasteiger partial charge is 0.501 e. The average molecular weight is 1340 g/mol. The van der Waals surface area contributed by atoms with E-state index in [0.29, 0.717) is 5.82 Å². The molecule has 13 rings (SSSR count). The van der Waals surface area contributed by atoms with Crippen LogP contribution in [0.2, 0.25) is 0 Å². The van der Waals surface area contributed by atoms with Crippen LogP contribution >= 0.6 is 0 Å². The zero-order valence-corrected chi connectivity index (χ0v) is 54.9. The first-order valence-electron chi connectivity index (χ1n) is 30.8. The fraction of sp³-hybridized carbons (Fsp3) is 0.225. The van der Waals surface area contributed by atoms with E-state index in [1.165, 1.54) is 44.6 Å². The Bertz CT molecular complexity index is 4510. The molecule has 13 aromatic rings. The molecular formula is C80H74IrN7O. The number of imidazole rings is 1. The number of rotatable bonds is 14. The van der Waals surface area contributed by atoms with Crippen molar-refractivity contribution in [3.05, 3.63) is 270 Å². The fourth-order valence-corrected chi connectivity index (χ4v) is 11.4. The first kappa shape index (κ1) is 61.6. The van der Waals surface area contributed by atoms with E-state index in [1.54, 1.807) is 0 Å². The Hall–Kier alpha value is -9.01. The van der Waals surface area contributed by atoms with Gasteiger partial charge in [-0.15, -0.1) is 89.5 Å². The fourth-order valence-electron chi connectivity index (χ4n) is 11.4. The van der Waals surface area contributed by atoms with Gasteiger partial charge < -0.3 is 19.0 Å². The number of fused-ring (bicyclic) bond motifs is 4. The Morgan fingerprint density at radius 3 is 1.74 bits per heavy atom. The summed E-state index contributed by atoms with van der Waals surface area (Å²) in [6, 6.07) is 77.8. The van der Waals surface area contributed by atoms with E-state index in [-0.39, 0.29) is 42.8 Å². The van der Waals surface area contributed by atoms with Crippen molar-refractivity contribution in [2.75, 3.05) is 0 Å². The predicted octanol–water partition coefficient (Wildman–Crippen LogP) is 19.7. The second-order valence-electron chi connectivity index (χ2n) is 25.6. The summed E-state index contributed by atoms with van der Waals surface area (Å²) < 4.78 is 8.90.